The number of likely N-dealkylation sites (tertiary alicyclic amines) is 1. The number of hydrogen-bond acceptors (Lipinski definition) is 2. The molecule has 3 aliphatic rings. The minimum Gasteiger partial charge on any atom is -1.00 e. The fourth-order valence-corrected chi connectivity index (χ4v) is 5.62. The molecule has 2 heterocycles. The van der Waals surface area contributed by atoms with Crippen LogP contribution in [0.3, 0.4) is 0 Å². The van der Waals surface area contributed by atoms with E-state index in [4.69, 9.17) is 4.74 Å². The Morgan fingerprint density at radius 1 is 1.08 bits per heavy atom. The molecule has 1 aliphatic carbocycles. The molecule has 2 N–H and O–H groups in total. The molecule has 3 nitrogen and oxygen atoms in total. The number of nitrogens with one attached hydrogen (secondary N) is 1. The third-order valence-electron chi connectivity index (χ3n) is 6.82. The average molecular weight is 416 g/mol. The van der Waals surface area contributed by atoms with Crippen molar-refractivity contribution in [2.75, 3.05) is 13.1 Å². The molecule has 2 bridgehead atoms. The molecule has 4 atom stereocenters. The summed E-state index contributed by atoms with van der Waals surface area (Å²) in [4.78, 5) is 1.69. The van der Waals surface area contributed by atoms with Crippen molar-refractivity contribution in [1.29, 1.82) is 0 Å². The Balaban J connectivity index is 0.00000168. The van der Waals surface area contributed by atoms with E-state index in [2.05, 4.69) is 36.4 Å². The van der Waals surface area contributed by atoms with E-state index in [0.29, 0.717) is 11.8 Å². The second-order valence-electron chi connectivity index (χ2n) is 7.99. The number of rotatable bonds is 3. The van der Waals surface area contributed by atoms with Crippen molar-refractivity contribution in [3.8, 4) is 11.5 Å². The summed E-state index contributed by atoms with van der Waals surface area (Å²) in [6.07, 6.45) is 6.26. The van der Waals surface area contributed by atoms with Gasteiger partial charge in [-0.05, 0) is 24.5 Å². The lowest BCUT2D eigenvalue weighted by Gasteiger charge is -2.49. The normalized spacial score (nSPS) is 31.3. The van der Waals surface area contributed by atoms with Crippen LogP contribution in [0.5, 0.6) is 11.5 Å². The standard InChI is InChI=1S/C22H25NO2.BrH/c24-19-10-4-8-17-20(19)25-21-18-9-5-12-22(17,21)13-15-23(18)14-11-16-6-2-1-3-7-16;/h1-4,6-8,10,18,21,24H,5,9,11-15H2;1H/t18-,21+,22-;/m0./s1. The van der Waals surface area contributed by atoms with Gasteiger partial charge in [0.15, 0.2) is 17.6 Å². The van der Waals surface area contributed by atoms with E-state index in [-0.39, 0.29) is 28.5 Å². The highest BCUT2D eigenvalue weighted by atomic mass is 79.9. The minimum absolute atomic E-state index is 0. The zero-order chi connectivity index (χ0) is 16.9. The molecule has 2 aromatic carbocycles. The van der Waals surface area contributed by atoms with E-state index >= 15 is 0 Å². The van der Waals surface area contributed by atoms with Crippen LogP contribution < -0.4 is 26.6 Å². The van der Waals surface area contributed by atoms with Gasteiger partial charge in [-0.2, -0.15) is 0 Å². The molecule has 1 unspecified atom stereocenters. The maximum Gasteiger partial charge on any atom is 0.165 e. The summed E-state index contributed by atoms with van der Waals surface area (Å²) >= 11 is 0. The smallest absolute Gasteiger partial charge is 0.165 e. The molecule has 0 aromatic heterocycles. The quantitative estimate of drug-likeness (QED) is 0.707. The van der Waals surface area contributed by atoms with Crippen LogP contribution in [0.2, 0.25) is 0 Å². The highest BCUT2D eigenvalue weighted by Gasteiger charge is 2.60. The molecular formula is C22H26BrNO2. The Labute approximate surface area is 165 Å². The second-order valence-corrected chi connectivity index (χ2v) is 7.99. The first-order chi connectivity index (χ1) is 12.3. The summed E-state index contributed by atoms with van der Waals surface area (Å²) in [5.74, 6) is 1.08. The Morgan fingerprint density at radius 3 is 2.77 bits per heavy atom. The monoisotopic (exact) mass is 415 g/mol. The SMILES string of the molecule is Oc1cccc2c1O[C@@H]1[C@@H]3CCC[C@]21CC[NH+]3CCc1ccccc1.[Br-]. The van der Waals surface area contributed by atoms with E-state index < -0.39 is 0 Å². The van der Waals surface area contributed by atoms with Crippen molar-refractivity contribution >= 4 is 0 Å². The van der Waals surface area contributed by atoms with Crippen LogP contribution in [0.1, 0.15) is 36.8 Å². The van der Waals surface area contributed by atoms with Crippen molar-refractivity contribution in [2.24, 2.45) is 0 Å². The first-order valence-corrected chi connectivity index (χ1v) is 9.65. The summed E-state index contributed by atoms with van der Waals surface area (Å²) in [6.45, 7) is 2.39. The highest BCUT2D eigenvalue weighted by molar-refractivity contribution is 5.54. The van der Waals surface area contributed by atoms with Gasteiger partial charge in [0.2, 0.25) is 0 Å². The highest BCUT2D eigenvalue weighted by Crippen LogP contribution is 2.55. The van der Waals surface area contributed by atoms with Crippen molar-refractivity contribution in [1.82, 2.24) is 0 Å². The molecule has 138 valence electrons. The second kappa shape index (κ2) is 6.90. The number of benzene rings is 2. The summed E-state index contributed by atoms with van der Waals surface area (Å²) in [6, 6.07) is 17.3. The van der Waals surface area contributed by atoms with Gasteiger partial charge in [0.1, 0.15) is 6.04 Å². The molecule has 2 fully saturated rings. The van der Waals surface area contributed by atoms with Crippen molar-refractivity contribution in [2.45, 2.75) is 49.7 Å². The molecule has 0 amide bonds. The van der Waals surface area contributed by atoms with E-state index in [0.717, 1.165) is 12.2 Å². The van der Waals surface area contributed by atoms with Gasteiger partial charge in [0.25, 0.3) is 0 Å². The van der Waals surface area contributed by atoms with Crippen molar-refractivity contribution < 1.29 is 31.7 Å². The van der Waals surface area contributed by atoms with Crippen LogP contribution in [-0.2, 0) is 11.8 Å². The lowest BCUT2D eigenvalue weighted by atomic mass is 9.62. The van der Waals surface area contributed by atoms with E-state index in [9.17, 15) is 5.11 Å². The fourth-order valence-electron chi connectivity index (χ4n) is 5.62. The van der Waals surface area contributed by atoms with Gasteiger partial charge in [0, 0.05) is 30.2 Å². The van der Waals surface area contributed by atoms with Gasteiger partial charge < -0.3 is 31.7 Å². The van der Waals surface area contributed by atoms with Crippen LogP contribution in [0, 0.1) is 0 Å². The van der Waals surface area contributed by atoms with Gasteiger partial charge in [-0.1, -0.05) is 42.5 Å². The lowest BCUT2D eigenvalue weighted by Crippen LogP contribution is -3.19. The summed E-state index contributed by atoms with van der Waals surface area (Å²) in [5.41, 5.74) is 2.84. The van der Waals surface area contributed by atoms with E-state index in [1.807, 2.05) is 6.07 Å². The predicted octanol–water partition coefficient (Wildman–Crippen LogP) is -0.521. The van der Waals surface area contributed by atoms with Crippen molar-refractivity contribution in [3.63, 3.8) is 0 Å². The third kappa shape index (κ3) is 2.66. The van der Waals surface area contributed by atoms with Crippen LogP contribution in [0.25, 0.3) is 0 Å². The van der Waals surface area contributed by atoms with Crippen LogP contribution in [0.4, 0.5) is 0 Å². The number of fused-ring (bicyclic) bond motifs is 1. The maximum absolute atomic E-state index is 10.3. The van der Waals surface area contributed by atoms with Crippen molar-refractivity contribution in [3.05, 3.63) is 59.7 Å². The Kier molecular flexibility index (Phi) is 4.74. The first kappa shape index (κ1) is 17.9. The number of para-hydroxylation sites is 1. The first-order valence-electron chi connectivity index (χ1n) is 9.65. The molecule has 1 saturated heterocycles. The molecule has 4 heteroatoms. The van der Waals surface area contributed by atoms with Gasteiger partial charge in [-0.3, -0.25) is 0 Å². The number of quaternary nitrogens is 1. The predicted molar refractivity (Wildman–Crippen MR) is 97.3 cm³/mol. The average Bonchev–Trinajstić information content (AvgIpc) is 3.00. The van der Waals surface area contributed by atoms with Crippen LogP contribution >= 0.6 is 0 Å². The fraction of sp³-hybridized carbons (Fsp3) is 0.455. The third-order valence-corrected chi connectivity index (χ3v) is 6.82. The molecule has 26 heavy (non-hydrogen) atoms. The van der Waals surface area contributed by atoms with Gasteiger partial charge >= 0.3 is 0 Å². The number of hydrogen-bond donors (Lipinski definition) is 2. The number of halogens is 1. The maximum atomic E-state index is 10.3. The zero-order valence-electron chi connectivity index (χ0n) is 15.0. The molecule has 5 rings (SSSR count). The molecule has 1 saturated carbocycles. The molecular weight excluding hydrogens is 390 g/mol. The zero-order valence-corrected chi connectivity index (χ0v) is 16.5. The number of phenolic OH excluding ortho intramolecular Hbond substituents is 1. The lowest BCUT2D eigenvalue weighted by molar-refractivity contribution is -0.937. The van der Waals surface area contributed by atoms with E-state index in [1.54, 1.807) is 11.0 Å². The van der Waals surface area contributed by atoms with E-state index in [1.165, 1.54) is 49.9 Å². The Hall–Kier alpha value is -1.52. The number of phenols is 1. The number of ether oxygens (including phenoxy) is 1. The van der Waals surface area contributed by atoms with Gasteiger partial charge in [-0.15, -0.1) is 0 Å². The van der Waals surface area contributed by atoms with Gasteiger partial charge in [0.05, 0.1) is 13.1 Å². The summed E-state index contributed by atoms with van der Waals surface area (Å²) < 4.78 is 6.41. The number of aromatic hydroxyl groups is 1. The Morgan fingerprint density at radius 2 is 1.92 bits per heavy atom. The molecule has 0 radical (unpaired) electrons. The number of piperidine rings is 1. The largest absolute Gasteiger partial charge is 1.00 e. The van der Waals surface area contributed by atoms with Gasteiger partial charge in [-0.25, -0.2) is 0 Å². The minimum atomic E-state index is 0. The Bertz CT molecular complexity index is 781. The van der Waals surface area contributed by atoms with Crippen LogP contribution in [-0.4, -0.2) is 30.3 Å². The molecule has 2 aliphatic heterocycles. The topological polar surface area (TPSA) is 33.9 Å². The summed E-state index contributed by atoms with van der Waals surface area (Å²) in [7, 11) is 0. The molecule has 2 aromatic rings. The summed E-state index contributed by atoms with van der Waals surface area (Å²) in [5, 5.41) is 10.3. The molecule has 0 spiro atoms. The van der Waals surface area contributed by atoms with Crippen LogP contribution in [0.15, 0.2) is 48.5 Å².